The van der Waals surface area contributed by atoms with Crippen LogP contribution < -0.4 is 15.0 Å². The fraction of sp³-hybridized carbons (Fsp3) is 0.250. The standard InChI is InChI=1S/C28H26Br2FN3O3/c1-5-36-24-13-18(12-22(30)25(24)37-16-17-7-6-8-20(31)11-17)15-32-34-26(35)21-14-19(29)9-10-23(21)33-27(34)28(2,3)4/h6-15H,5,16H2,1-4H3. The quantitative estimate of drug-likeness (QED) is 0.202. The molecule has 9 heteroatoms. The van der Waals surface area contributed by atoms with Crippen molar-refractivity contribution >= 4 is 49.0 Å². The molecular formula is C28H26Br2FN3O3. The molecule has 0 atom stereocenters. The van der Waals surface area contributed by atoms with E-state index in [-0.39, 0.29) is 18.0 Å². The summed E-state index contributed by atoms with van der Waals surface area (Å²) in [6, 6.07) is 15.3. The lowest BCUT2D eigenvalue weighted by Gasteiger charge is -2.21. The molecule has 1 heterocycles. The Hall–Kier alpha value is -3.04. The van der Waals surface area contributed by atoms with Gasteiger partial charge in [-0.3, -0.25) is 4.79 Å². The monoisotopic (exact) mass is 629 g/mol. The molecule has 0 N–H and O–H groups in total. The summed E-state index contributed by atoms with van der Waals surface area (Å²) in [5.74, 6) is 1.21. The lowest BCUT2D eigenvalue weighted by Crippen LogP contribution is -2.29. The number of nitrogens with zero attached hydrogens (tertiary/aromatic N) is 3. The van der Waals surface area contributed by atoms with Crippen molar-refractivity contribution in [3.05, 3.63) is 96.7 Å². The summed E-state index contributed by atoms with van der Waals surface area (Å²) in [5.41, 5.74) is 1.32. The number of benzene rings is 3. The fourth-order valence-corrected chi connectivity index (χ4v) is 4.65. The third-order valence-electron chi connectivity index (χ3n) is 5.41. The molecule has 0 bridgehead atoms. The molecule has 0 saturated carbocycles. The average molecular weight is 631 g/mol. The maximum absolute atomic E-state index is 13.6. The highest BCUT2D eigenvalue weighted by Crippen LogP contribution is 2.37. The summed E-state index contributed by atoms with van der Waals surface area (Å²) in [4.78, 5) is 18.2. The maximum atomic E-state index is 13.6. The van der Waals surface area contributed by atoms with E-state index in [1.165, 1.54) is 16.8 Å². The molecule has 0 fully saturated rings. The zero-order valence-electron chi connectivity index (χ0n) is 20.9. The lowest BCUT2D eigenvalue weighted by atomic mass is 9.95. The molecule has 0 aliphatic carbocycles. The van der Waals surface area contributed by atoms with E-state index in [2.05, 4.69) is 37.0 Å². The van der Waals surface area contributed by atoms with Crippen molar-refractivity contribution in [2.75, 3.05) is 6.61 Å². The molecule has 4 rings (SSSR count). The highest BCUT2D eigenvalue weighted by Gasteiger charge is 2.23. The van der Waals surface area contributed by atoms with Crippen molar-refractivity contribution in [2.24, 2.45) is 5.10 Å². The predicted molar refractivity (Wildman–Crippen MR) is 151 cm³/mol. The van der Waals surface area contributed by atoms with Crippen LogP contribution in [-0.2, 0) is 12.0 Å². The fourth-order valence-electron chi connectivity index (χ4n) is 3.71. The zero-order valence-corrected chi connectivity index (χ0v) is 24.1. The van der Waals surface area contributed by atoms with Crippen LogP contribution in [0.4, 0.5) is 4.39 Å². The summed E-state index contributed by atoms with van der Waals surface area (Å²) in [7, 11) is 0. The molecule has 37 heavy (non-hydrogen) atoms. The number of hydrogen-bond acceptors (Lipinski definition) is 5. The van der Waals surface area contributed by atoms with E-state index in [9.17, 15) is 9.18 Å². The first kappa shape index (κ1) is 27.0. The first-order chi connectivity index (χ1) is 17.6. The molecule has 192 valence electrons. The van der Waals surface area contributed by atoms with Crippen molar-refractivity contribution in [1.29, 1.82) is 0 Å². The molecule has 1 aromatic heterocycles. The molecule has 0 spiro atoms. The first-order valence-electron chi connectivity index (χ1n) is 11.7. The molecule has 3 aromatic carbocycles. The summed E-state index contributed by atoms with van der Waals surface area (Å²) in [6.45, 7) is 8.42. The van der Waals surface area contributed by atoms with Crippen LogP contribution in [0.25, 0.3) is 10.9 Å². The van der Waals surface area contributed by atoms with E-state index < -0.39 is 5.41 Å². The van der Waals surface area contributed by atoms with Gasteiger partial charge in [0.15, 0.2) is 11.5 Å². The van der Waals surface area contributed by atoms with E-state index in [0.717, 1.165) is 4.47 Å². The Balaban J connectivity index is 1.73. The van der Waals surface area contributed by atoms with Crippen LogP contribution in [0.2, 0.25) is 0 Å². The summed E-state index contributed by atoms with van der Waals surface area (Å²) < 4.78 is 28.1. The average Bonchev–Trinajstić information content (AvgIpc) is 2.83. The Morgan fingerprint density at radius 1 is 1.08 bits per heavy atom. The second kappa shape index (κ2) is 11.1. The Kier molecular flexibility index (Phi) is 8.14. The van der Waals surface area contributed by atoms with Crippen molar-refractivity contribution in [1.82, 2.24) is 9.66 Å². The van der Waals surface area contributed by atoms with E-state index in [0.29, 0.717) is 50.4 Å². The number of fused-ring (bicyclic) bond motifs is 1. The Labute approximate surface area is 231 Å². The van der Waals surface area contributed by atoms with Crippen molar-refractivity contribution < 1.29 is 13.9 Å². The smallest absolute Gasteiger partial charge is 0.282 e. The molecule has 0 saturated heterocycles. The van der Waals surface area contributed by atoms with E-state index in [1.54, 1.807) is 30.5 Å². The Morgan fingerprint density at radius 3 is 2.57 bits per heavy atom. The number of aromatic nitrogens is 2. The minimum absolute atomic E-state index is 0.173. The number of hydrogen-bond donors (Lipinski definition) is 0. The highest BCUT2D eigenvalue weighted by molar-refractivity contribution is 9.10. The van der Waals surface area contributed by atoms with Gasteiger partial charge in [-0.25, -0.2) is 9.37 Å². The van der Waals surface area contributed by atoms with Crippen molar-refractivity contribution in [2.45, 2.75) is 39.7 Å². The minimum atomic E-state index is -0.427. The normalized spacial score (nSPS) is 11.9. The Morgan fingerprint density at radius 2 is 1.86 bits per heavy atom. The lowest BCUT2D eigenvalue weighted by molar-refractivity contribution is 0.267. The summed E-state index contributed by atoms with van der Waals surface area (Å²) >= 11 is 6.99. The van der Waals surface area contributed by atoms with Gasteiger partial charge < -0.3 is 9.47 Å². The van der Waals surface area contributed by atoms with Gasteiger partial charge in [0.1, 0.15) is 18.2 Å². The molecule has 6 nitrogen and oxygen atoms in total. The van der Waals surface area contributed by atoms with Crippen LogP contribution in [0.3, 0.4) is 0 Å². The Bertz CT molecular complexity index is 1540. The second-order valence-corrected chi connectivity index (χ2v) is 11.2. The van der Waals surface area contributed by atoms with Gasteiger partial charge in [0.25, 0.3) is 5.56 Å². The van der Waals surface area contributed by atoms with E-state index in [1.807, 2.05) is 45.9 Å². The summed E-state index contributed by atoms with van der Waals surface area (Å²) in [6.07, 6.45) is 1.59. The van der Waals surface area contributed by atoms with E-state index >= 15 is 0 Å². The van der Waals surface area contributed by atoms with Crippen LogP contribution >= 0.6 is 31.9 Å². The van der Waals surface area contributed by atoms with Gasteiger partial charge in [0, 0.05) is 9.89 Å². The molecule has 0 aliphatic rings. The van der Waals surface area contributed by atoms with Crippen LogP contribution in [0, 0.1) is 5.82 Å². The largest absolute Gasteiger partial charge is 0.490 e. The van der Waals surface area contributed by atoms with Crippen LogP contribution in [0.1, 0.15) is 44.6 Å². The van der Waals surface area contributed by atoms with E-state index in [4.69, 9.17) is 14.5 Å². The maximum Gasteiger partial charge on any atom is 0.282 e. The number of rotatable bonds is 7. The van der Waals surface area contributed by atoms with Gasteiger partial charge in [-0.05, 0) is 76.4 Å². The zero-order chi connectivity index (χ0) is 26.7. The predicted octanol–water partition coefficient (Wildman–Crippen LogP) is 7.22. The van der Waals surface area contributed by atoms with Gasteiger partial charge in [-0.1, -0.05) is 48.8 Å². The molecule has 0 aliphatic heterocycles. The minimum Gasteiger partial charge on any atom is -0.490 e. The molecule has 4 aromatic rings. The molecule has 0 amide bonds. The third-order valence-corrected chi connectivity index (χ3v) is 6.49. The van der Waals surface area contributed by atoms with Crippen LogP contribution in [0.15, 0.2) is 73.4 Å². The highest BCUT2D eigenvalue weighted by atomic mass is 79.9. The third kappa shape index (κ3) is 6.27. The SMILES string of the molecule is CCOc1cc(C=Nn2c(C(C)(C)C)nc3ccc(Br)cc3c2=O)cc(Br)c1OCc1cccc(F)c1. The molecule has 0 unspecified atom stereocenters. The molecular weight excluding hydrogens is 605 g/mol. The van der Waals surface area contributed by atoms with Crippen molar-refractivity contribution in [3.63, 3.8) is 0 Å². The molecule has 0 radical (unpaired) electrons. The van der Waals surface area contributed by atoms with Gasteiger partial charge in [-0.2, -0.15) is 9.78 Å². The van der Waals surface area contributed by atoms with Gasteiger partial charge >= 0.3 is 0 Å². The van der Waals surface area contributed by atoms with Gasteiger partial charge in [-0.15, -0.1) is 0 Å². The van der Waals surface area contributed by atoms with Crippen LogP contribution in [-0.4, -0.2) is 22.5 Å². The number of halogens is 3. The second-order valence-electron chi connectivity index (χ2n) is 9.39. The summed E-state index contributed by atoms with van der Waals surface area (Å²) in [5, 5.41) is 5.01. The topological polar surface area (TPSA) is 65.7 Å². The number of ether oxygens (including phenoxy) is 2. The van der Waals surface area contributed by atoms with Gasteiger partial charge in [0.2, 0.25) is 0 Å². The first-order valence-corrected chi connectivity index (χ1v) is 13.3. The van der Waals surface area contributed by atoms with Crippen molar-refractivity contribution in [3.8, 4) is 11.5 Å². The van der Waals surface area contributed by atoms with Crippen LogP contribution in [0.5, 0.6) is 11.5 Å². The van der Waals surface area contributed by atoms with Gasteiger partial charge in [0.05, 0.1) is 28.2 Å².